The Morgan fingerprint density at radius 1 is 1.26 bits per heavy atom. The lowest BCUT2D eigenvalue weighted by atomic mass is 10.2. The van der Waals surface area contributed by atoms with Gasteiger partial charge in [-0.1, -0.05) is 15.9 Å². The Hall–Kier alpha value is -1.27. The van der Waals surface area contributed by atoms with Crippen molar-refractivity contribution in [3.05, 3.63) is 22.2 Å². The molecule has 0 fully saturated rings. The number of halogens is 1. The molecule has 0 aliphatic heterocycles. The minimum atomic E-state index is 0.0267. The van der Waals surface area contributed by atoms with Crippen molar-refractivity contribution in [2.24, 2.45) is 0 Å². The minimum Gasteiger partial charge on any atom is -0.493 e. The highest BCUT2D eigenvalue weighted by molar-refractivity contribution is 9.10. The van der Waals surface area contributed by atoms with Gasteiger partial charge in [0.25, 0.3) is 0 Å². The first-order valence-electron chi connectivity index (χ1n) is 5.94. The molecule has 5 nitrogen and oxygen atoms in total. The second-order valence-electron chi connectivity index (χ2n) is 3.90. The molecule has 106 valence electrons. The van der Waals surface area contributed by atoms with Gasteiger partial charge in [-0.05, 0) is 17.7 Å². The van der Waals surface area contributed by atoms with E-state index in [1.807, 2.05) is 12.1 Å². The zero-order chi connectivity index (χ0) is 14.3. The van der Waals surface area contributed by atoms with E-state index < -0.39 is 0 Å². The van der Waals surface area contributed by atoms with Crippen LogP contribution in [0.2, 0.25) is 0 Å². The van der Waals surface area contributed by atoms with Gasteiger partial charge in [-0.15, -0.1) is 0 Å². The monoisotopic (exact) mass is 330 g/mol. The van der Waals surface area contributed by atoms with Crippen molar-refractivity contribution in [2.75, 3.05) is 27.8 Å². The van der Waals surface area contributed by atoms with Crippen LogP contribution < -0.4 is 20.1 Å². The van der Waals surface area contributed by atoms with Gasteiger partial charge in [0.15, 0.2) is 11.5 Å². The number of ether oxygens (including phenoxy) is 2. The van der Waals surface area contributed by atoms with Crippen molar-refractivity contribution >= 4 is 21.8 Å². The number of methoxy groups -OCH3 is 2. The molecule has 19 heavy (non-hydrogen) atoms. The molecule has 0 spiro atoms. The summed E-state index contributed by atoms with van der Waals surface area (Å²) in [5.41, 5.74) is 1.05. The Morgan fingerprint density at radius 2 is 1.89 bits per heavy atom. The smallest absolute Gasteiger partial charge is 0.221 e. The van der Waals surface area contributed by atoms with E-state index in [-0.39, 0.29) is 5.91 Å². The van der Waals surface area contributed by atoms with Gasteiger partial charge in [0.2, 0.25) is 5.91 Å². The molecule has 0 saturated heterocycles. The second-order valence-corrected chi connectivity index (χ2v) is 4.75. The van der Waals surface area contributed by atoms with Crippen LogP contribution in [0.1, 0.15) is 12.0 Å². The molecule has 1 amide bonds. The lowest BCUT2D eigenvalue weighted by Crippen LogP contribution is -2.24. The average Bonchev–Trinajstić information content (AvgIpc) is 2.43. The van der Waals surface area contributed by atoms with Crippen molar-refractivity contribution < 1.29 is 14.3 Å². The molecule has 2 N–H and O–H groups in total. The SMILES string of the molecule is CNC(=O)CCNCc1cc(OC)c(OC)cc1Br. The average molecular weight is 331 g/mol. The van der Waals surface area contributed by atoms with E-state index in [9.17, 15) is 4.79 Å². The Bertz CT molecular complexity index is 438. The first kappa shape index (κ1) is 15.8. The molecule has 1 aromatic rings. The maximum atomic E-state index is 11.1. The van der Waals surface area contributed by atoms with E-state index in [2.05, 4.69) is 26.6 Å². The molecule has 1 rings (SSSR count). The molecule has 6 heteroatoms. The summed E-state index contributed by atoms with van der Waals surface area (Å²) in [5, 5.41) is 5.79. The van der Waals surface area contributed by atoms with Gasteiger partial charge in [-0.25, -0.2) is 0 Å². The number of amides is 1. The topological polar surface area (TPSA) is 59.6 Å². The van der Waals surface area contributed by atoms with Crippen LogP contribution in [0.5, 0.6) is 11.5 Å². The number of hydrogen-bond acceptors (Lipinski definition) is 4. The Kier molecular flexibility index (Phi) is 6.66. The van der Waals surface area contributed by atoms with E-state index in [0.717, 1.165) is 10.0 Å². The van der Waals surface area contributed by atoms with Crippen molar-refractivity contribution in [3.63, 3.8) is 0 Å². The van der Waals surface area contributed by atoms with E-state index in [0.29, 0.717) is 31.0 Å². The molecule has 0 bridgehead atoms. The first-order valence-corrected chi connectivity index (χ1v) is 6.73. The summed E-state index contributed by atoms with van der Waals surface area (Å²) in [4.78, 5) is 11.1. The van der Waals surface area contributed by atoms with Crippen LogP contribution in [0.25, 0.3) is 0 Å². The number of rotatable bonds is 7. The summed E-state index contributed by atoms with van der Waals surface area (Å²) < 4.78 is 11.4. The summed E-state index contributed by atoms with van der Waals surface area (Å²) >= 11 is 3.49. The van der Waals surface area contributed by atoms with E-state index in [1.165, 1.54) is 0 Å². The molecule has 1 aromatic carbocycles. The second kappa shape index (κ2) is 8.01. The Labute approximate surface area is 121 Å². The summed E-state index contributed by atoms with van der Waals surface area (Å²) in [6, 6.07) is 3.78. The molecule has 0 saturated carbocycles. The van der Waals surface area contributed by atoms with Gasteiger partial charge in [0.1, 0.15) is 0 Å². The van der Waals surface area contributed by atoms with Crippen LogP contribution in [0, 0.1) is 0 Å². The zero-order valence-electron chi connectivity index (χ0n) is 11.4. The highest BCUT2D eigenvalue weighted by atomic mass is 79.9. The maximum absolute atomic E-state index is 11.1. The minimum absolute atomic E-state index is 0.0267. The summed E-state index contributed by atoms with van der Waals surface area (Å²) in [6.07, 6.45) is 0.460. The molecular formula is C13H19BrN2O3. The van der Waals surface area contributed by atoms with E-state index >= 15 is 0 Å². The van der Waals surface area contributed by atoms with Crippen LogP contribution in [0.3, 0.4) is 0 Å². The van der Waals surface area contributed by atoms with Crippen LogP contribution in [0.4, 0.5) is 0 Å². The summed E-state index contributed by atoms with van der Waals surface area (Å²) in [7, 11) is 4.84. The van der Waals surface area contributed by atoms with Crippen molar-refractivity contribution in [1.29, 1.82) is 0 Å². The van der Waals surface area contributed by atoms with Gasteiger partial charge < -0.3 is 20.1 Å². The molecular weight excluding hydrogens is 312 g/mol. The lowest BCUT2D eigenvalue weighted by molar-refractivity contribution is -0.120. The van der Waals surface area contributed by atoms with Crippen LogP contribution >= 0.6 is 15.9 Å². The normalized spacial score (nSPS) is 10.1. The maximum Gasteiger partial charge on any atom is 0.221 e. The molecule has 0 radical (unpaired) electrons. The number of nitrogens with one attached hydrogen (secondary N) is 2. The van der Waals surface area contributed by atoms with Gasteiger partial charge in [-0.2, -0.15) is 0 Å². The number of carbonyl (C=O) groups is 1. The van der Waals surface area contributed by atoms with Gasteiger partial charge in [0.05, 0.1) is 14.2 Å². The van der Waals surface area contributed by atoms with E-state index in [1.54, 1.807) is 21.3 Å². The third-order valence-electron chi connectivity index (χ3n) is 2.68. The fraction of sp³-hybridized carbons (Fsp3) is 0.462. The predicted octanol–water partition coefficient (Wildman–Crippen LogP) is 1.69. The van der Waals surface area contributed by atoms with Gasteiger partial charge in [-0.3, -0.25) is 4.79 Å². The molecule has 0 aliphatic carbocycles. The summed E-state index contributed by atoms with van der Waals surface area (Å²) in [6.45, 7) is 1.28. The van der Waals surface area contributed by atoms with Gasteiger partial charge in [0, 0.05) is 31.0 Å². The van der Waals surface area contributed by atoms with Crippen LogP contribution in [0.15, 0.2) is 16.6 Å². The van der Waals surface area contributed by atoms with Crippen LogP contribution in [-0.2, 0) is 11.3 Å². The number of hydrogen-bond donors (Lipinski definition) is 2. The largest absolute Gasteiger partial charge is 0.493 e. The fourth-order valence-corrected chi connectivity index (χ4v) is 2.04. The molecule has 0 atom stereocenters. The highest BCUT2D eigenvalue weighted by Gasteiger charge is 2.09. The van der Waals surface area contributed by atoms with Crippen molar-refractivity contribution in [3.8, 4) is 11.5 Å². The Morgan fingerprint density at radius 3 is 2.47 bits per heavy atom. The first-order chi connectivity index (χ1) is 9.12. The number of carbonyl (C=O) groups excluding carboxylic acids is 1. The molecule has 0 unspecified atom stereocenters. The Balaban J connectivity index is 2.60. The number of benzene rings is 1. The quantitative estimate of drug-likeness (QED) is 0.747. The zero-order valence-corrected chi connectivity index (χ0v) is 13.0. The predicted molar refractivity (Wildman–Crippen MR) is 77.6 cm³/mol. The van der Waals surface area contributed by atoms with Crippen molar-refractivity contribution in [2.45, 2.75) is 13.0 Å². The van der Waals surface area contributed by atoms with Crippen LogP contribution in [-0.4, -0.2) is 33.7 Å². The highest BCUT2D eigenvalue weighted by Crippen LogP contribution is 2.33. The van der Waals surface area contributed by atoms with Crippen molar-refractivity contribution in [1.82, 2.24) is 10.6 Å². The third kappa shape index (κ3) is 4.72. The summed E-state index contributed by atoms with van der Waals surface area (Å²) in [5.74, 6) is 1.40. The van der Waals surface area contributed by atoms with Gasteiger partial charge >= 0.3 is 0 Å². The molecule has 0 aromatic heterocycles. The standard InChI is InChI=1S/C13H19BrN2O3/c1-15-13(17)4-5-16-8-9-6-11(18-2)12(19-3)7-10(9)14/h6-7,16H,4-5,8H2,1-3H3,(H,15,17). The fourth-order valence-electron chi connectivity index (χ4n) is 1.58. The van der Waals surface area contributed by atoms with E-state index in [4.69, 9.17) is 9.47 Å². The molecule has 0 heterocycles. The third-order valence-corrected chi connectivity index (χ3v) is 3.41. The molecule has 0 aliphatic rings. The lowest BCUT2D eigenvalue weighted by Gasteiger charge is -2.12.